The van der Waals surface area contributed by atoms with Crippen molar-refractivity contribution in [2.75, 3.05) is 13.2 Å². The largest absolute Gasteiger partial charge is 0.450 e. The number of ether oxygens (including phenoxy) is 1. The van der Waals surface area contributed by atoms with Gasteiger partial charge >= 0.3 is 6.09 Å². The first-order valence-electron chi connectivity index (χ1n) is 5.93. The second-order valence-electron chi connectivity index (χ2n) is 4.06. The molecule has 0 radical (unpaired) electrons. The molecule has 2 atom stereocenters. The number of carbonyl (C=O) groups is 1. The van der Waals surface area contributed by atoms with Crippen LogP contribution in [0, 0.1) is 0 Å². The van der Waals surface area contributed by atoms with Gasteiger partial charge in [-0.15, -0.1) is 6.58 Å². The Hall–Kier alpha value is -1.03. The smallest absolute Gasteiger partial charge is 0.410 e. The molecule has 16 heavy (non-hydrogen) atoms. The van der Waals surface area contributed by atoms with E-state index in [1.807, 2.05) is 0 Å². The fourth-order valence-corrected chi connectivity index (χ4v) is 2.15. The van der Waals surface area contributed by atoms with Gasteiger partial charge in [0.2, 0.25) is 0 Å². The summed E-state index contributed by atoms with van der Waals surface area (Å²) in [6.45, 7) is 6.20. The molecule has 0 spiro atoms. The van der Waals surface area contributed by atoms with E-state index in [-0.39, 0.29) is 12.1 Å². The minimum atomic E-state index is -0.432. The Morgan fingerprint density at radius 3 is 2.81 bits per heavy atom. The number of aliphatic hydroxyl groups excluding tert-OH is 1. The average molecular weight is 227 g/mol. The lowest BCUT2D eigenvalue weighted by Gasteiger charge is -2.36. The van der Waals surface area contributed by atoms with Crippen LogP contribution in [0.3, 0.4) is 0 Å². The molecule has 1 fully saturated rings. The molecule has 0 aromatic rings. The van der Waals surface area contributed by atoms with Crippen LogP contribution < -0.4 is 0 Å². The summed E-state index contributed by atoms with van der Waals surface area (Å²) in [4.78, 5) is 13.3. The topological polar surface area (TPSA) is 49.8 Å². The maximum Gasteiger partial charge on any atom is 0.410 e. The Bertz CT molecular complexity index is 242. The van der Waals surface area contributed by atoms with Crippen LogP contribution in [0.1, 0.15) is 32.6 Å². The summed E-state index contributed by atoms with van der Waals surface area (Å²) < 4.78 is 4.99. The summed E-state index contributed by atoms with van der Waals surface area (Å²) in [6.07, 6.45) is 4.56. The van der Waals surface area contributed by atoms with Crippen molar-refractivity contribution >= 4 is 6.09 Å². The molecule has 0 aromatic carbocycles. The van der Waals surface area contributed by atoms with Crippen LogP contribution in [0.15, 0.2) is 12.7 Å². The van der Waals surface area contributed by atoms with Gasteiger partial charge in [0.25, 0.3) is 0 Å². The highest BCUT2D eigenvalue weighted by molar-refractivity contribution is 5.68. The molecule has 1 amide bonds. The molecule has 0 aromatic heterocycles. The predicted molar refractivity (Wildman–Crippen MR) is 62.2 cm³/mol. The molecule has 0 bridgehead atoms. The minimum absolute atomic E-state index is 0.120. The highest BCUT2D eigenvalue weighted by Crippen LogP contribution is 2.23. The number of hydrogen-bond acceptors (Lipinski definition) is 3. The molecule has 0 unspecified atom stereocenters. The fraction of sp³-hybridized carbons (Fsp3) is 0.750. The molecule has 1 rings (SSSR count). The van der Waals surface area contributed by atoms with Gasteiger partial charge in [-0.3, -0.25) is 4.90 Å². The SMILES string of the molecule is C=CCN(C(=O)OCC)[C@@H]1CCCC[C@@H]1O. The van der Waals surface area contributed by atoms with E-state index in [0.717, 1.165) is 25.7 Å². The van der Waals surface area contributed by atoms with E-state index in [9.17, 15) is 9.90 Å². The van der Waals surface area contributed by atoms with E-state index in [4.69, 9.17) is 4.74 Å². The summed E-state index contributed by atoms with van der Waals surface area (Å²) in [5, 5.41) is 9.90. The lowest BCUT2D eigenvalue weighted by atomic mass is 9.91. The minimum Gasteiger partial charge on any atom is -0.450 e. The average Bonchev–Trinajstić information content (AvgIpc) is 2.27. The third kappa shape index (κ3) is 3.23. The summed E-state index contributed by atoms with van der Waals surface area (Å²) in [6, 6.07) is -0.120. The van der Waals surface area contributed by atoms with Gasteiger partial charge in [-0.2, -0.15) is 0 Å². The fourth-order valence-electron chi connectivity index (χ4n) is 2.15. The first-order chi connectivity index (χ1) is 7.70. The highest BCUT2D eigenvalue weighted by Gasteiger charge is 2.31. The molecule has 0 saturated heterocycles. The van der Waals surface area contributed by atoms with Crippen molar-refractivity contribution in [2.45, 2.75) is 44.8 Å². The molecule has 4 heteroatoms. The van der Waals surface area contributed by atoms with Gasteiger partial charge in [0, 0.05) is 6.54 Å². The zero-order valence-electron chi connectivity index (χ0n) is 9.89. The third-order valence-corrected chi connectivity index (χ3v) is 2.92. The van der Waals surface area contributed by atoms with Crippen molar-refractivity contribution < 1.29 is 14.6 Å². The van der Waals surface area contributed by atoms with E-state index in [1.54, 1.807) is 17.9 Å². The molecule has 1 N–H and O–H groups in total. The standard InChI is InChI=1S/C12H21NO3/c1-3-9-13(12(15)16-4-2)10-7-5-6-8-11(10)14/h3,10-11,14H,1,4-9H2,2H3/t10-,11+/m1/s1. The molecule has 0 heterocycles. The molecule has 0 aliphatic heterocycles. The van der Waals surface area contributed by atoms with E-state index in [0.29, 0.717) is 13.2 Å². The molecule has 92 valence electrons. The van der Waals surface area contributed by atoms with Crippen LogP contribution in [-0.2, 0) is 4.74 Å². The Labute approximate surface area is 96.9 Å². The summed E-state index contributed by atoms with van der Waals surface area (Å²) in [7, 11) is 0. The molecule has 1 aliphatic rings. The van der Waals surface area contributed by atoms with Gasteiger partial charge in [-0.05, 0) is 19.8 Å². The first kappa shape index (κ1) is 13.0. The summed E-state index contributed by atoms with van der Waals surface area (Å²) in [5.74, 6) is 0. The van der Waals surface area contributed by atoms with Crippen molar-refractivity contribution in [3.05, 3.63) is 12.7 Å². The Morgan fingerprint density at radius 1 is 1.56 bits per heavy atom. The lowest BCUT2D eigenvalue weighted by Crippen LogP contribution is -2.48. The maximum absolute atomic E-state index is 11.7. The van der Waals surface area contributed by atoms with Crippen molar-refractivity contribution in [3.63, 3.8) is 0 Å². The van der Waals surface area contributed by atoms with Crippen molar-refractivity contribution in [2.24, 2.45) is 0 Å². The van der Waals surface area contributed by atoms with E-state index < -0.39 is 6.10 Å². The zero-order valence-corrected chi connectivity index (χ0v) is 9.89. The summed E-state index contributed by atoms with van der Waals surface area (Å²) in [5.41, 5.74) is 0. The van der Waals surface area contributed by atoms with Gasteiger partial charge in [-0.1, -0.05) is 18.9 Å². The zero-order chi connectivity index (χ0) is 12.0. The van der Waals surface area contributed by atoms with Crippen LogP contribution in [0.2, 0.25) is 0 Å². The van der Waals surface area contributed by atoms with Gasteiger partial charge < -0.3 is 9.84 Å². The van der Waals surface area contributed by atoms with Crippen LogP contribution in [0.25, 0.3) is 0 Å². The molecule has 1 aliphatic carbocycles. The highest BCUT2D eigenvalue weighted by atomic mass is 16.6. The third-order valence-electron chi connectivity index (χ3n) is 2.92. The van der Waals surface area contributed by atoms with Crippen molar-refractivity contribution in [1.29, 1.82) is 0 Å². The van der Waals surface area contributed by atoms with E-state index >= 15 is 0 Å². The molecule has 1 saturated carbocycles. The normalized spacial score (nSPS) is 24.9. The lowest BCUT2D eigenvalue weighted by molar-refractivity contribution is 0.0186. The first-order valence-corrected chi connectivity index (χ1v) is 5.93. The van der Waals surface area contributed by atoms with Crippen LogP contribution >= 0.6 is 0 Å². The Kier molecular flexibility index (Phi) is 5.32. The van der Waals surface area contributed by atoms with Crippen molar-refractivity contribution in [3.8, 4) is 0 Å². The van der Waals surface area contributed by atoms with E-state index in [1.165, 1.54) is 0 Å². The number of nitrogens with zero attached hydrogens (tertiary/aromatic N) is 1. The predicted octanol–water partition coefficient (Wildman–Crippen LogP) is 1.93. The second-order valence-corrected chi connectivity index (χ2v) is 4.06. The Balaban J connectivity index is 2.66. The molecular weight excluding hydrogens is 206 g/mol. The van der Waals surface area contributed by atoms with Crippen LogP contribution in [0.5, 0.6) is 0 Å². The Morgan fingerprint density at radius 2 is 2.25 bits per heavy atom. The van der Waals surface area contributed by atoms with E-state index in [2.05, 4.69) is 6.58 Å². The van der Waals surface area contributed by atoms with Crippen molar-refractivity contribution in [1.82, 2.24) is 4.90 Å². The number of rotatable bonds is 4. The van der Waals surface area contributed by atoms with Gasteiger partial charge in [0.05, 0.1) is 18.8 Å². The quantitative estimate of drug-likeness (QED) is 0.747. The maximum atomic E-state index is 11.7. The molecular formula is C12H21NO3. The van der Waals surface area contributed by atoms with Crippen LogP contribution in [0.4, 0.5) is 4.79 Å². The van der Waals surface area contributed by atoms with Gasteiger partial charge in [-0.25, -0.2) is 4.79 Å². The number of hydrogen-bond donors (Lipinski definition) is 1. The number of aliphatic hydroxyl groups is 1. The number of carbonyl (C=O) groups excluding carboxylic acids is 1. The number of amides is 1. The van der Waals surface area contributed by atoms with Crippen LogP contribution in [-0.4, -0.2) is 41.4 Å². The summed E-state index contributed by atoms with van der Waals surface area (Å²) >= 11 is 0. The van der Waals surface area contributed by atoms with Gasteiger partial charge in [0.1, 0.15) is 0 Å². The van der Waals surface area contributed by atoms with Gasteiger partial charge in [0.15, 0.2) is 0 Å². The second kappa shape index (κ2) is 6.53. The molecule has 4 nitrogen and oxygen atoms in total. The monoisotopic (exact) mass is 227 g/mol.